The van der Waals surface area contributed by atoms with E-state index in [0.717, 1.165) is 0 Å². The van der Waals surface area contributed by atoms with Gasteiger partial charge in [0.05, 0.1) is 29.2 Å². The lowest BCUT2D eigenvalue weighted by molar-refractivity contribution is -0.143. The molecule has 33 heavy (non-hydrogen) atoms. The quantitative estimate of drug-likeness (QED) is 0.464. The lowest BCUT2D eigenvalue weighted by Crippen LogP contribution is -2.58. The molecule has 9 heteroatoms. The summed E-state index contributed by atoms with van der Waals surface area (Å²) in [5.74, 6) is -1.82. The van der Waals surface area contributed by atoms with Gasteiger partial charge in [0.1, 0.15) is 6.04 Å². The number of alkyl halides is 1. The molecule has 3 aliphatic heterocycles. The van der Waals surface area contributed by atoms with Crippen LogP contribution in [0.3, 0.4) is 0 Å². The van der Waals surface area contributed by atoms with Gasteiger partial charge in [-0.25, -0.2) is 0 Å². The summed E-state index contributed by atoms with van der Waals surface area (Å²) in [5.41, 5.74) is 0.683. The fourth-order valence-corrected chi connectivity index (χ4v) is 9.35. The van der Waals surface area contributed by atoms with Crippen LogP contribution in [0.15, 0.2) is 30.3 Å². The maximum atomic E-state index is 14.0. The molecule has 0 saturated carbocycles. The number of thioether (sulfide) groups is 1. The molecule has 2 bridgehead atoms. The zero-order chi connectivity index (χ0) is 24.1. The largest absolute Gasteiger partial charge is 0.394 e. The van der Waals surface area contributed by atoms with E-state index in [0.29, 0.717) is 12.1 Å². The van der Waals surface area contributed by atoms with Crippen LogP contribution in [0.1, 0.15) is 34.1 Å². The Morgan fingerprint density at radius 3 is 2.45 bits per heavy atom. The van der Waals surface area contributed by atoms with Gasteiger partial charge < -0.3 is 20.6 Å². The highest BCUT2D eigenvalue weighted by Gasteiger charge is 2.76. The molecule has 1 aromatic rings. The molecule has 3 aliphatic rings. The van der Waals surface area contributed by atoms with Gasteiger partial charge in [-0.05, 0) is 38.3 Å². The number of amides is 3. The molecule has 4 rings (SSSR count). The number of anilines is 1. The van der Waals surface area contributed by atoms with E-state index in [4.69, 9.17) is 0 Å². The molecule has 1 spiro atoms. The number of carbonyl (C=O) groups excluding carboxylic acids is 3. The highest BCUT2D eigenvalue weighted by molar-refractivity contribution is 9.09. The SMILES string of the molecule is CC(C)NC(=O)C1N([C@@H](CO)C(C)C)C(=O)[C@@H]2[C@@H](C(=O)Nc3ccccc3)[C@@H]3SC12CC3Br. The van der Waals surface area contributed by atoms with Crippen molar-refractivity contribution in [2.45, 2.75) is 67.1 Å². The number of aliphatic hydroxyl groups excluding tert-OH is 1. The van der Waals surface area contributed by atoms with E-state index in [9.17, 15) is 19.5 Å². The first-order chi connectivity index (χ1) is 15.6. The highest BCUT2D eigenvalue weighted by Crippen LogP contribution is 2.68. The molecule has 0 aromatic heterocycles. The maximum Gasteiger partial charge on any atom is 0.244 e. The lowest BCUT2D eigenvalue weighted by Gasteiger charge is -2.39. The Kier molecular flexibility index (Phi) is 6.86. The van der Waals surface area contributed by atoms with Crippen molar-refractivity contribution in [2.75, 3.05) is 11.9 Å². The standard InChI is InChI=1S/C24H32BrN3O4S/c1-12(2)16(11-29)28-20(22(31)26-13(3)4)24-10-15(25)19(33-24)17(18(24)23(28)32)21(30)27-14-8-6-5-7-9-14/h5-9,12-13,15-20,29H,10-11H2,1-4H3,(H,26,31)(H,27,30)/t15?,16-,17+,18-,19+,20?,24?/m0/s1. The number of aliphatic hydroxyl groups is 1. The average molecular weight is 539 g/mol. The van der Waals surface area contributed by atoms with Crippen molar-refractivity contribution in [3.63, 3.8) is 0 Å². The van der Waals surface area contributed by atoms with E-state index < -0.39 is 28.7 Å². The van der Waals surface area contributed by atoms with Crippen LogP contribution in [-0.4, -0.2) is 67.3 Å². The molecule has 3 unspecified atom stereocenters. The maximum absolute atomic E-state index is 14.0. The summed E-state index contributed by atoms with van der Waals surface area (Å²) in [7, 11) is 0. The van der Waals surface area contributed by atoms with Gasteiger partial charge >= 0.3 is 0 Å². The molecule has 7 atom stereocenters. The van der Waals surface area contributed by atoms with Crippen molar-refractivity contribution in [1.29, 1.82) is 0 Å². The van der Waals surface area contributed by atoms with Gasteiger partial charge in [0.25, 0.3) is 0 Å². The van der Waals surface area contributed by atoms with E-state index in [1.807, 2.05) is 58.0 Å². The van der Waals surface area contributed by atoms with Gasteiger partial charge in [0.2, 0.25) is 17.7 Å². The number of fused-ring (bicyclic) bond motifs is 1. The number of likely N-dealkylation sites (tertiary alicyclic amines) is 1. The van der Waals surface area contributed by atoms with Crippen molar-refractivity contribution in [3.8, 4) is 0 Å². The Morgan fingerprint density at radius 1 is 1.21 bits per heavy atom. The molecule has 1 aromatic carbocycles. The number of benzene rings is 1. The first-order valence-electron chi connectivity index (χ1n) is 11.5. The average Bonchev–Trinajstić information content (AvgIpc) is 3.32. The highest BCUT2D eigenvalue weighted by atomic mass is 79.9. The summed E-state index contributed by atoms with van der Waals surface area (Å²) in [6.07, 6.45) is 0.622. The second kappa shape index (κ2) is 9.23. The molecule has 3 saturated heterocycles. The molecule has 7 nitrogen and oxygen atoms in total. The van der Waals surface area contributed by atoms with Crippen LogP contribution in [-0.2, 0) is 14.4 Å². The predicted octanol–water partition coefficient (Wildman–Crippen LogP) is 2.63. The van der Waals surface area contributed by atoms with Crippen molar-refractivity contribution in [1.82, 2.24) is 10.2 Å². The van der Waals surface area contributed by atoms with E-state index in [1.165, 1.54) is 0 Å². The van der Waals surface area contributed by atoms with Crippen LogP contribution in [0.5, 0.6) is 0 Å². The number of para-hydroxylation sites is 1. The topological polar surface area (TPSA) is 98.7 Å². The number of nitrogens with one attached hydrogen (secondary N) is 2. The van der Waals surface area contributed by atoms with Gasteiger partial charge in [0, 0.05) is 21.8 Å². The number of rotatable bonds is 7. The minimum Gasteiger partial charge on any atom is -0.394 e. The molecule has 3 heterocycles. The van der Waals surface area contributed by atoms with Crippen molar-refractivity contribution < 1.29 is 19.5 Å². The Hall–Kier alpha value is -1.58. The fourth-order valence-electron chi connectivity index (χ4n) is 5.75. The third-order valence-electron chi connectivity index (χ3n) is 7.06. The first kappa shape index (κ1) is 24.5. The van der Waals surface area contributed by atoms with Crippen LogP contribution in [0.2, 0.25) is 0 Å². The summed E-state index contributed by atoms with van der Waals surface area (Å²) in [6, 6.07) is 7.91. The molecule has 3 fully saturated rings. The monoisotopic (exact) mass is 537 g/mol. The summed E-state index contributed by atoms with van der Waals surface area (Å²) < 4.78 is -0.712. The minimum atomic E-state index is -0.735. The predicted molar refractivity (Wildman–Crippen MR) is 133 cm³/mol. The number of nitrogens with zero attached hydrogens (tertiary/aromatic N) is 1. The van der Waals surface area contributed by atoms with Gasteiger partial charge in [-0.2, -0.15) is 0 Å². The van der Waals surface area contributed by atoms with Gasteiger partial charge in [-0.15, -0.1) is 11.8 Å². The fraction of sp³-hybridized carbons (Fsp3) is 0.625. The molecular formula is C24H32BrN3O4S. The second-order valence-electron chi connectivity index (χ2n) is 9.92. The summed E-state index contributed by atoms with van der Waals surface area (Å²) in [5, 5.41) is 16.1. The number of halogens is 1. The molecule has 180 valence electrons. The molecule has 3 N–H and O–H groups in total. The van der Waals surface area contributed by atoms with Gasteiger partial charge in [0.15, 0.2) is 0 Å². The van der Waals surface area contributed by atoms with Crippen LogP contribution in [0.4, 0.5) is 5.69 Å². The normalized spacial score (nSPS) is 33.5. The van der Waals surface area contributed by atoms with Crippen LogP contribution in [0, 0.1) is 17.8 Å². The second-order valence-corrected chi connectivity index (χ2v) is 12.6. The minimum absolute atomic E-state index is 0.0130. The summed E-state index contributed by atoms with van der Waals surface area (Å²) in [6.45, 7) is 7.43. The zero-order valence-corrected chi connectivity index (χ0v) is 21.7. The number of hydrogen-bond donors (Lipinski definition) is 3. The summed E-state index contributed by atoms with van der Waals surface area (Å²) in [4.78, 5) is 42.6. The van der Waals surface area contributed by atoms with Crippen LogP contribution >= 0.6 is 27.7 Å². The van der Waals surface area contributed by atoms with Crippen LogP contribution < -0.4 is 10.6 Å². The summed E-state index contributed by atoms with van der Waals surface area (Å²) >= 11 is 5.36. The molecule has 3 amide bonds. The zero-order valence-electron chi connectivity index (χ0n) is 19.3. The third-order valence-corrected chi connectivity index (χ3v) is 10.3. The Morgan fingerprint density at radius 2 is 1.88 bits per heavy atom. The lowest BCUT2D eigenvalue weighted by atomic mass is 9.70. The van der Waals surface area contributed by atoms with E-state index in [1.54, 1.807) is 16.7 Å². The van der Waals surface area contributed by atoms with Crippen molar-refractivity contribution >= 4 is 51.1 Å². The van der Waals surface area contributed by atoms with Crippen molar-refractivity contribution in [3.05, 3.63) is 30.3 Å². The van der Waals surface area contributed by atoms with Gasteiger partial charge in [-0.1, -0.05) is 48.0 Å². The molecular weight excluding hydrogens is 506 g/mol. The Balaban J connectivity index is 1.75. The number of hydrogen-bond acceptors (Lipinski definition) is 5. The van der Waals surface area contributed by atoms with Gasteiger partial charge in [-0.3, -0.25) is 14.4 Å². The van der Waals surface area contributed by atoms with Crippen LogP contribution in [0.25, 0.3) is 0 Å². The van der Waals surface area contributed by atoms with E-state index in [-0.39, 0.29) is 46.4 Å². The van der Waals surface area contributed by atoms with E-state index in [2.05, 4.69) is 26.6 Å². The van der Waals surface area contributed by atoms with E-state index >= 15 is 0 Å². The third kappa shape index (κ3) is 4.00. The Bertz CT molecular complexity index is 930. The smallest absolute Gasteiger partial charge is 0.244 e. The van der Waals surface area contributed by atoms with Crippen molar-refractivity contribution in [2.24, 2.45) is 17.8 Å². The molecule has 0 aliphatic carbocycles. The molecule has 0 radical (unpaired) electrons. The first-order valence-corrected chi connectivity index (χ1v) is 13.3. The number of carbonyl (C=O) groups is 3. The Labute approximate surface area is 207 Å².